The lowest BCUT2D eigenvalue weighted by Gasteiger charge is -2.25. The van der Waals surface area contributed by atoms with Gasteiger partial charge >= 0.3 is 0 Å². The summed E-state index contributed by atoms with van der Waals surface area (Å²) in [6.07, 6.45) is 4.44. The van der Waals surface area contributed by atoms with E-state index in [0.29, 0.717) is 5.92 Å². The molecule has 0 bridgehead atoms. The Balaban J connectivity index is 2.40. The highest BCUT2D eigenvalue weighted by molar-refractivity contribution is 6.11. The van der Waals surface area contributed by atoms with Crippen LogP contribution in [0.4, 0.5) is 0 Å². The predicted molar refractivity (Wildman–Crippen MR) is 60.6 cm³/mol. The number of ether oxygens (including phenoxy) is 1. The Morgan fingerprint density at radius 2 is 2.14 bits per heavy atom. The van der Waals surface area contributed by atoms with Crippen LogP contribution in [-0.2, 0) is 4.74 Å². The summed E-state index contributed by atoms with van der Waals surface area (Å²) < 4.78 is 5.91. The van der Waals surface area contributed by atoms with E-state index in [1.54, 1.807) is 0 Å². The fraction of sp³-hybridized carbons (Fsp3) is 1.00. The van der Waals surface area contributed by atoms with Crippen LogP contribution in [0.1, 0.15) is 39.5 Å². The zero-order valence-corrected chi connectivity index (χ0v) is 9.68. The van der Waals surface area contributed by atoms with Gasteiger partial charge in [-0.3, -0.25) is 0 Å². The molecular weight excluding hydrogens is 173 g/mol. The molecule has 0 aromatic heterocycles. The number of hydrogen-bond acceptors (Lipinski definition) is 2. The molecule has 2 atom stereocenters. The van der Waals surface area contributed by atoms with Crippen molar-refractivity contribution in [3.05, 3.63) is 0 Å². The quantitative estimate of drug-likeness (QED) is 0.674. The third-order valence-electron chi connectivity index (χ3n) is 3.53. The van der Waals surface area contributed by atoms with E-state index in [2.05, 4.69) is 19.2 Å². The molecular formula is C11H22BNO. The molecule has 2 unspecified atom stereocenters. The highest BCUT2D eigenvalue weighted by Gasteiger charge is 2.37. The molecule has 0 aliphatic carbocycles. The second-order valence-electron chi connectivity index (χ2n) is 4.40. The summed E-state index contributed by atoms with van der Waals surface area (Å²) in [5, 5.41) is 3.08. The molecule has 1 aliphatic heterocycles. The minimum absolute atomic E-state index is 0.119. The molecule has 3 heteroatoms. The maximum Gasteiger partial charge on any atom is 0.0906 e. The Morgan fingerprint density at radius 3 is 2.57 bits per heavy atom. The summed E-state index contributed by atoms with van der Waals surface area (Å²) >= 11 is 0. The zero-order valence-electron chi connectivity index (χ0n) is 9.68. The molecule has 0 spiro atoms. The average molecular weight is 195 g/mol. The molecule has 2 nitrogen and oxygen atoms in total. The van der Waals surface area contributed by atoms with Crippen LogP contribution in [0.5, 0.6) is 0 Å². The van der Waals surface area contributed by atoms with E-state index in [1.165, 1.54) is 6.42 Å². The predicted octanol–water partition coefficient (Wildman–Crippen LogP) is 1.69. The Kier molecular flexibility index (Phi) is 4.46. The van der Waals surface area contributed by atoms with Gasteiger partial charge in [0, 0.05) is 0 Å². The first-order chi connectivity index (χ1) is 6.65. The summed E-state index contributed by atoms with van der Waals surface area (Å²) in [4.78, 5) is 0. The molecule has 1 fully saturated rings. The summed E-state index contributed by atoms with van der Waals surface area (Å²) in [5.74, 6) is 0.755. The Labute approximate surface area is 89.2 Å². The van der Waals surface area contributed by atoms with Gasteiger partial charge in [-0.05, 0) is 44.6 Å². The lowest BCUT2D eigenvalue weighted by molar-refractivity contribution is -0.00285. The standard InChI is InChI=1S/C11H22BNO/c1-4-11(5-2)7-9(8-14-11)6-10(12)13-3/h9-10,13H,4-8H2,1-3H3. The molecule has 0 aromatic rings. The van der Waals surface area contributed by atoms with Crippen molar-refractivity contribution in [2.75, 3.05) is 13.7 Å². The molecule has 0 amide bonds. The van der Waals surface area contributed by atoms with E-state index in [-0.39, 0.29) is 11.5 Å². The van der Waals surface area contributed by atoms with E-state index in [4.69, 9.17) is 12.6 Å². The molecule has 80 valence electrons. The van der Waals surface area contributed by atoms with Gasteiger partial charge in [0.05, 0.1) is 20.1 Å². The van der Waals surface area contributed by atoms with E-state index < -0.39 is 0 Å². The molecule has 1 N–H and O–H groups in total. The van der Waals surface area contributed by atoms with Crippen molar-refractivity contribution in [3.8, 4) is 0 Å². The van der Waals surface area contributed by atoms with Crippen LogP contribution in [0.25, 0.3) is 0 Å². The van der Waals surface area contributed by atoms with Gasteiger partial charge in [-0.2, -0.15) is 0 Å². The maximum absolute atomic E-state index is 5.91. The van der Waals surface area contributed by atoms with Gasteiger partial charge in [-0.15, -0.1) is 0 Å². The fourth-order valence-electron chi connectivity index (χ4n) is 2.31. The first kappa shape index (κ1) is 12.1. The molecule has 1 heterocycles. The highest BCUT2D eigenvalue weighted by atomic mass is 16.5. The van der Waals surface area contributed by atoms with Gasteiger partial charge in [0.25, 0.3) is 0 Å². The average Bonchev–Trinajstić information content (AvgIpc) is 2.62. The smallest absolute Gasteiger partial charge is 0.0906 e. The number of nitrogens with one attached hydrogen (secondary N) is 1. The van der Waals surface area contributed by atoms with Crippen molar-refractivity contribution in [2.24, 2.45) is 5.92 Å². The molecule has 1 rings (SSSR count). The van der Waals surface area contributed by atoms with Crippen LogP contribution in [0.2, 0.25) is 0 Å². The normalized spacial score (nSPS) is 27.8. The Hall–Kier alpha value is -0.0151. The van der Waals surface area contributed by atoms with Crippen molar-refractivity contribution < 1.29 is 4.74 Å². The van der Waals surface area contributed by atoms with Crippen molar-refractivity contribution >= 4 is 7.85 Å². The second kappa shape index (κ2) is 5.17. The van der Waals surface area contributed by atoms with Crippen LogP contribution >= 0.6 is 0 Å². The Morgan fingerprint density at radius 1 is 1.50 bits per heavy atom. The molecule has 1 aliphatic rings. The number of hydrogen-bond donors (Lipinski definition) is 1. The second-order valence-corrected chi connectivity index (χ2v) is 4.40. The van der Waals surface area contributed by atoms with E-state index in [0.717, 1.165) is 25.9 Å². The highest BCUT2D eigenvalue weighted by Crippen LogP contribution is 2.37. The van der Waals surface area contributed by atoms with Crippen molar-refractivity contribution in [1.29, 1.82) is 0 Å². The van der Waals surface area contributed by atoms with E-state index in [9.17, 15) is 0 Å². The van der Waals surface area contributed by atoms with Crippen molar-refractivity contribution in [3.63, 3.8) is 0 Å². The van der Waals surface area contributed by atoms with Crippen molar-refractivity contribution in [2.45, 2.75) is 51.1 Å². The minimum atomic E-state index is 0.119. The molecule has 0 aromatic carbocycles. The third-order valence-corrected chi connectivity index (χ3v) is 3.53. The topological polar surface area (TPSA) is 21.3 Å². The molecule has 1 saturated heterocycles. The monoisotopic (exact) mass is 195 g/mol. The summed E-state index contributed by atoms with van der Waals surface area (Å²) in [7, 11) is 7.77. The lowest BCUT2D eigenvalue weighted by atomic mass is 9.82. The van der Waals surface area contributed by atoms with Gasteiger partial charge in [0.2, 0.25) is 0 Å². The zero-order chi connectivity index (χ0) is 10.6. The summed E-state index contributed by atoms with van der Waals surface area (Å²) in [6.45, 7) is 5.31. The van der Waals surface area contributed by atoms with Gasteiger partial charge < -0.3 is 10.1 Å². The molecule has 14 heavy (non-hydrogen) atoms. The van der Waals surface area contributed by atoms with Crippen LogP contribution in [-0.4, -0.2) is 33.0 Å². The van der Waals surface area contributed by atoms with E-state index >= 15 is 0 Å². The van der Waals surface area contributed by atoms with Crippen LogP contribution < -0.4 is 5.32 Å². The van der Waals surface area contributed by atoms with Gasteiger partial charge in [-0.25, -0.2) is 0 Å². The first-order valence-electron chi connectivity index (χ1n) is 5.72. The summed E-state index contributed by atoms with van der Waals surface area (Å²) in [5.41, 5.74) is 0.151. The Bertz CT molecular complexity index is 171. The fourth-order valence-corrected chi connectivity index (χ4v) is 2.31. The van der Waals surface area contributed by atoms with Crippen LogP contribution in [0.3, 0.4) is 0 Å². The largest absolute Gasteiger partial charge is 0.375 e. The van der Waals surface area contributed by atoms with Crippen LogP contribution in [0, 0.1) is 5.92 Å². The van der Waals surface area contributed by atoms with Gasteiger partial charge in [0.1, 0.15) is 0 Å². The van der Waals surface area contributed by atoms with Crippen molar-refractivity contribution in [1.82, 2.24) is 5.32 Å². The van der Waals surface area contributed by atoms with Crippen LogP contribution in [0.15, 0.2) is 0 Å². The maximum atomic E-state index is 5.91. The molecule has 2 radical (unpaired) electrons. The van der Waals surface area contributed by atoms with Gasteiger partial charge in [0.15, 0.2) is 0 Å². The van der Waals surface area contributed by atoms with Gasteiger partial charge in [-0.1, -0.05) is 13.8 Å². The lowest BCUT2D eigenvalue weighted by Crippen LogP contribution is -2.29. The van der Waals surface area contributed by atoms with E-state index in [1.807, 2.05) is 7.05 Å². The third kappa shape index (κ3) is 2.74. The first-order valence-corrected chi connectivity index (χ1v) is 5.72. The summed E-state index contributed by atoms with van der Waals surface area (Å²) in [6, 6.07) is 0. The SMILES string of the molecule is [B]C(CC1COC(CC)(CC)C1)NC. The minimum Gasteiger partial charge on any atom is -0.375 e. The number of rotatable bonds is 5. The molecule has 0 saturated carbocycles.